The van der Waals surface area contributed by atoms with E-state index in [0.29, 0.717) is 28.7 Å². The molecule has 1 heterocycles. The van der Waals surface area contributed by atoms with Gasteiger partial charge < -0.3 is 4.74 Å². The van der Waals surface area contributed by atoms with Crippen LogP contribution in [0.25, 0.3) is 0 Å². The number of halogens is 3. The fourth-order valence-electron chi connectivity index (χ4n) is 3.50. The number of methoxy groups -OCH3 is 1. The number of benzene rings is 2. The number of sulfonamides is 1. The van der Waals surface area contributed by atoms with Gasteiger partial charge in [0.15, 0.2) is 5.37 Å². The van der Waals surface area contributed by atoms with Gasteiger partial charge in [0, 0.05) is 34.9 Å². The van der Waals surface area contributed by atoms with Gasteiger partial charge in [0.25, 0.3) is 10.0 Å². The van der Waals surface area contributed by atoms with E-state index in [-0.39, 0.29) is 21.3 Å². The molecule has 0 radical (unpaired) electrons. The molecule has 174 valence electrons. The van der Waals surface area contributed by atoms with Crippen molar-refractivity contribution in [2.45, 2.75) is 29.7 Å². The number of anilines is 1. The van der Waals surface area contributed by atoms with Crippen molar-refractivity contribution in [1.82, 2.24) is 4.90 Å². The molecule has 2 aromatic carbocycles. The van der Waals surface area contributed by atoms with Crippen LogP contribution in [0.1, 0.15) is 13.3 Å². The van der Waals surface area contributed by atoms with Crippen LogP contribution >= 0.6 is 46.6 Å². The third-order valence-corrected chi connectivity index (χ3v) is 9.11. The van der Waals surface area contributed by atoms with Crippen molar-refractivity contribution in [3.8, 4) is 0 Å². The Kier molecular flexibility index (Phi) is 8.63. The van der Waals surface area contributed by atoms with Crippen LogP contribution in [0.2, 0.25) is 15.1 Å². The van der Waals surface area contributed by atoms with Gasteiger partial charge >= 0.3 is 5.97 Å². The van der Waals surface area contributed by atoms with Crippen molar-refractivity contribution in [3.05, 3.63) is 57.5 Å². The van der Waals surface area contributed by atoms with Crippen LogP contribution in [-0.2, 0) is 19.6 Å². The van der Waals surface area contributed by atoms with Crippen molar-refractivity contribution in [3.63, 3.8) is 0 Å². The second kappa shape index (κ2) is 10.8. The van der Waals surface area contributed by atoms with E-state index in [2.05, 4.69) is 0 Å². The largest absolute Gasteiger partial charge is 0.467 e. The number of carbonyl (C=O) groups excluding carboxylic acids is 1. The summed E-state index contributed by atoms with van der Waals surface area (Å²) in [6.07, 6.45) is 0.462. The molecular formula is C21H23Cl3N2O4S2. The van der Waals surface area contributed by atoms with Gasteiger partial charge in [-0.1, -0.05) is 34.8 Å². The molecule has 11 heteroatoms. The minimum Gasteiger partial charge on any atom is -0.467 e. The van der Waals surface area contributed by atoms with E-state index in [1.807, 2.05) is 4.90 Å². The summed E-state index contributed by atoms with van der Waals surface area (Å²) in [4.78, 5) is 14.1. The van der Waals surface area contributed by atoms with Crippen molar-refractivity contribution < 1.29 is 17.9 Å². The lowest BCUT2D eigenvalue weighted by molar-refractivity contribution is -0.143. The lowest BCUT2D eigenvalue weighted by Crippen LogP contribution is -2.43. The molecular weight excluding hydrogens is 515 g/mol. The number of hydrogen-bond acceptors (Lipinski definition) is 6. The molecule has 1 saturated heterocycles. The molecule has 6 nitrogen and oxygen atoms in total. The summed E-state index contributed by atoms with van der Waals surface area (Å²) < 4.78 is 33.5. The molecule has 0 spiro atoms. The SMILES string of the molecule is COC(=O)C1SCCN1CCC(C)N(c1cc(Cl)ccc1Cl)S(=O)(=O)c1ccc(Cl)cc1. The molecule has 1 aliphatic heterocycles. The zero-order chi connectivity index (χ0) is 23.5. The zero-order valence-corrected chi connectivity index (χ0v) is 21.4. The average Bonchev–Trinajstić information content (AvgIpc) is 3.23. The van der Waals surface area contributed by atoms with E-state index in [0.717, 1.165) is 12.3 Å². The molecule has 2 aromatic rings. The third-order valence-electron chi connectivity index (χ3n) is 5.14. The second-order valence-corrected chi connectivity index (χ2v) is 11.6. The molecule has 0 aromatic heterocycles. The first kappa shape index (κ1) is 25.5. The van der Waals surface area contributed by atoms with Crippen LogP contribution in [-0.4, -0.2) is 56.7 Å². The average molecular weight is 538 g/mol. The number of nitrogens with zero attached hydrogens (tertiary/aromatic N) is 2. The van der Waals surface area contributed by atoms with Crippen molar-refractivity contribution in [1.29, 1.82) is 0 Å². The Morgan fingerprint density at radius 1 is 1.19 bits per heavy atom. The number of ether oxygens (including phenoxy) is 1. The standard InChI is InChI=1S/C21H23Cl3N2O4S2/c1-14(9-10-25-11-12-31-20(25)21(27)30-2)26(19-13-16(23)5-8-18(19)24)32(28,29)17-6-3-15(22)4-7-17/h3-8,13-14,20H,9-12H2,1-2H3. The normalized spacial score (nSPS) is 17.8. The van der Waals surface area contributed by atoms with Crippen molar-refractivity contribution >= 4 is 68.2 Å². The first-order valence-electron chi connectivity index (χ1n) is 9.83. The summed E-state index contributed by atoms with van der Waals surface area (Å²) in [5.41, 5.74) is 0.293. The van der Waals surface area contributed by atoms with E-state index in [1.54, 1.807) is 19.1 Å². The predicted molar refractivity (Wildman–Crippen MR) is 131 cm³/mol. The van der Waals surface area contributed by atoms with Gasteiger partial charge in [-0.3, -0.25) is 9.21 Å². The van der Waals surface area contributed by atoms with E-state index in [4.69, 9.17) is 39.5 Å². The van der Waals surface area contributed by atoms with E-state index in [9.17, 15) is 13.2 Å². The van der Waals surface area contributed by atoms with Crippen LogP contribution in [0.3, 0.4) is 0 Å². The Morgan fingerprint density at radius 2 is 1.84 bits per heavy atom. The number of thioether (sulfide) groups is 1. The summed E-state index contributed by atoms with van der Waals surface area (Å²) in [6, 6.07) is 10.2. The lowest BCUT2D eigenvalue weighted by atomic mass is 10.2. The van der Waals surface area contributed by atoms with Gasteiger partial charge in [-0.15, -0.1) is 11.8 Å². The summed E-state index contributed by atoms with van der Waals surface area (Å²) in [6.45, 7) is 3.04. The van der Waals surface area contributed by atoms with Gasteiger partial charge in [-0.05, 0) is 55.8 Å². The first-order chi connectivity index (χ1) is 15.1. The van der Waals surface area contributed by atoms with Gasteiger partial charge in [0.2, 0.25) is 0 Å². The predicted octanol–water partition coefficient (Wildman–Crippen LogP) is 5.17. The highest BCUT2D eigenvalue weighted by Crippen LogP contribution is 2.36. The molecule has 1 aliphatic rings. The molecule has 2 atom stereocenters. The van der Waals surface area contributed by atoms with E-state index in [1.165, 1.54) is 53.5 Å². The second-order valence-electron chi connectivity index (χ2n) is 7.27. The highest BCUT2D eigenvalue weighted by Gasteiger charge is 2.35. The molecule has 0 saturated carbocycles. The Balaban J connectivity index is 1.93. The Hall–Kier alpha value is -1.16. The quantitative estimate of drug-likeness (QED) is 0.433. The fourth-order valence-corrected chi connectivity index (χ4v) is 6.96. The van der Waals surface area contributed by atoms with Crippen molar-refractivity contribution in [2.75, 3.05) is 30.3 Å². The van der Waals surface area contributed by atoms with Crippen molar-refractivity contribution in [2.24, 2.45) is 0 Å². The van der Waals surface area contributed by atoms with Crippen LogP contribution in [0.4, 0.5) is 5.69 Å². The van der Waals surface area contributed by atoms with Crippen LogP contribution in [0.5, 0.6) is 0 Å². The van der Waals surface area contributed by atoms with E-state index >= 15 is 0 Å². The van der Waals surface area contributed by atoms with Gasteiger partial charge in [0.1, 0.15) is 0 Å². The summed E-state index contributed by atoms with van der Waals surface area (Å²) in [5.74, 6) is 0.504. The maximum Gasteiger partial charge on any atom is 0.333 e. The van der Waals surface area contributed by atoms with Crippen LogP contribution in [0.15, 0.2) is 47.4 Å². The topological polar surface area (TPSA) is 66.9 Å². The van der Waals surface area contributed by atoms with E-state index < -0.39 is 16.1 Å². The number of rotatable bonds is 8. The Labute approximate surface area is 207 Å². The molecule has 2 unspecified atom stereocenters. The minimum atomic E-state index is -3.97. The maximum atomic E-state index is 13.7. The highest BCUT2D eigenvalue weighted by molar-refractivity contribution is 8.00. The molecule has 0 N–H and O–H groups in total. The molecule has 1 fully saturated rings. The summed E-state index contributed by atoms with van der Waals surface area (Å²) in [7, 11) is -2.61. The van der Waals surface area contributed by atoms with Gasteiger partial charge in [-0.25, -0.2) is 13.2 Å². The molecule has 0 bridgehead atoms. The molecule has 32 heavy (non-hydrogen) atoms. The maximum absolute atomic E-state index is 13.7. The van der Waals surface area contributed by atoms with Gasteiger partial charge in [-0.2, -0.15) is 0 Å². The zero-order valence-electron chi connectivity index (χ0n) is 17.5. The monoisotopic (exact) mass is 536 g/mol. The molecule has 0 aliphatic carbocycles. The smallest absolute Gasteiger partial charge is 0.333 e. The first-order valence-corrected chi connectivity index (χ1v) is 13.5. The van der Waals surface area contributed by atoms with Crippen LogP contribution in [0, 0.1) is 0 Å². The third kappa shape index (κ3) is 5.66. The van der Waals surface area contributed by atoms with Gasteiger partial charge in [0.05, 0.1) is 22.7 Å². The minimum absolute atomic E-state index is 0.0916. The molecule has 3 rings (SSSR count). The number of carbonyl (C=O) groups is 1. The van der Waals surface area contributed by atoms with Crippen LogP contribution < -0.4 is 4.31 Å². The summed E-state index contributed by atoms with van der Waals surface area (Å²) >= 11 is 20.0. The number of hydrogen-bond donors (Lipinski definition) is 0. The lowest BCUT2D eigenvalue weighted by Gasteiger charge is -2.33. The fraction of sp³-hybridized carbons (Fsp3) is 0.381. The highest BCUT2D eigenvalue weighted by atomic mass is 35.5. The summed E-state index contributed by atoms with van der Waals surface area (Å²) in [5, 5.41) is 0.686. The Morgan fingerprint density at radius 3 is 2.50 bits per heavy atom. The number of esters is 1. The molecule has 0 amide bonds. The Bertz CT molecular complexity index is 1070.